The van der Waals surface area contributed by atoms with Crippen molar-refractivity contribution in [2.45, 2.75) is 11.8 Å². The predicted molar refractivity (Wildman–Crippen MR) is 69.5 cm³/mol. The maximum Gasteiger partial charge on any atom is 0.268 e. The number of benzene rings is 1. The summed E-state index contributed by atoms with van der Waals surface area (Å²) in [5.41, 5.74) is 0.172. The zero-order valence-corrected chi connectivity index (χ0v) is 11.5. The van der Waals surface area contributed by atoms with E-state index in [0.29, 0.717) is 5.76 Å². The Bertz CT molecular complexity index is 721. The van der Waals surface area contributed by atoms with Gasteiger partial charge in [0.05, 0.1) is 16.7 Å². The Kier molecular flexibility index (Phi) is 3.64. The standard InChI is InChI=1S/C12H10ClNO4S/c1-8-11(5-6-18-8)12(15)14-19(16,17)10-4-2-3-9(13)7-10/h2-7H,1H3,(H,14,15). The van der Waals surface area contributed by atoms with E-state index < -0.39 is 15.9 Å². The molecule has 0 atom stereocenters. The van der Waals surface area contributed by atoms with Crippen molar-refractivity contribution in [1.29, 1.82) is 0 Å². The summed E-state index contributed by atoms with van der Waals surface area (Å²) in [4.78, 5) is 11.7. The molecule has 0 radical (unpaired) electrons. The van der Waals surface area contributed by atoms with Crippen LogP contribution in [0.15, 0.2) is 45.9 Å². The second kappa shape index (κ2) is 5.07. The number of aryl methyl sites for hydroxylation is 1. The van der Waals surface area contributed by atoms with Crippen LogP contribution in [0.25, 0.3) is 0 Å². The fourth-order valence-corrected chi connectivity index (χ4v) is 2.76. The van der Waals surface area contributed by atoms with Gasteiger partial charge in [0.15, 0.2) is 0 Å². The van der Waals surface area contributed by atoms with Crippen LogP contribution in [0.1, 0.15) is 16.1 Å². The van der Waals surface area contributed by atoms with E-state index >= 15 is 0 Å². The Labute approximate surface area is 115 Å². The molecule has 0 saturated heterocycles. The molecular formula is C12H10ClNO4S. The normalized spacial score (nSPS) is 11.3. The fraction of sp³-hybridized carbons (Fsp3) is 0.0833. The zero-order valence-electron chi connectivity index (χ0n) is 9.88. The molecule has 0 fully saturated rings. The molecule has 0 aliphatic heterocycles. The SMILES string of the molecule is Cc1occc1C(=O)NS(=O)(=O)c1cccc(Cl)c1. The number of furan rings is 1. The summed E-state index contributed by atoms with van der Waals surface area (Å²) >= 11 is 5.72. The number of nitrogens with one attached hydrogen (secondary N) is 1. The molecular weight excluding hydrogens is 290 g/mol. The second-order valence-corrected chi connectivity index (χ2v) is 5.90. The van der Waals surface area contributed by atoms with Gasteiger partial charge >= 0.3 is 0 Å². The first kappa shape index (κ1) is 13.6. The largest absolute Gasteiger partial charge is 0.469 e. The van der Waals surface area contributed by atoms with E-state index in [2.05, 4.69) is 0 Å². The molecule has 0 aliphatic rings. The van der Waals surface area contributed by atoms with Crippen molar-refractivity contribution in [3.05, 3.63) is 52.9 Å². The summed E-state index contributed by atoms with van der Waals surface area (Å²) in [5.74, 6) is -0.398. The van der Waals surface area contributed by atoms with Crippen molar-refractivity contribution < 1.29 is 17.6 Å². The van der Waals surface area contributed by atoms with Crippen molar-refractivity contribution in [2.75, 3.05) is 0 Å². The van der Waals surface area contributed by atoms with Gasteiger partial charge in [0.25, 0.3) is 15.9 Å². The molecule has 1 heterocycles. The molecule has 0 unspecified atom stereocenters. The lowest BCUT2D eigenvalue weighted by atomic mass is 10.2. The minimum Gasteiger partial charge on any atom is -0.469 e. The van der Waals surface area contributed by atoms with Crippen LogP contribution in [0.4, 0.5) is 0 Å². The average Bonchev–Trinajstić information content (AvgIpc) is 2.75. The van der Waals surface area contributed by atoms with Crippen molar-refractivity contribution in [3.63, 3.8) is 0 Å². The van der Waals surface area contributed by atoms with E-state index in [0.717, 1.165) is 0 Å². The minimum absolute atomic E-state index is 0.0745. The highest BCUT2D eigenvalue weighted by atomic mass is 35.5. The molecule has 1 aromatic heterocycles. The highest BCUT2D eigenvalue weighted by Crippen LogP contribution is 2.16. The van der Waals surface area contributed by atoms with E-state index in [9.17, 15) is 13.2 Å². The Morgan fingerprint density at radius 1 is 1.32 bits per heavy atom. The molecule has 0 aliphatic carbocycles. The van der Waals surface area contributed by atoms with Gasteiger partial charge in [0.2, 0.25) is 0 Å². The summed E-state index contributed by atoms with van der Waals surface area (Å²) in [6.07, 6.45) is 1.32. The minimum atomic E-state index is -3.95. The lowest BCUT2D eigenvalue weighted by Crippen LogP contribution is -2.30. The number of amides is 1. The number of carbonyl (C=O) groups excluding carboxylic acids is 1. The van der Waals surface area contributed by atoms with Gasteiger partial charge in [-0.25, -0.2) is 13.1 Å². The third-order valence-electron chi connectivity index (χ3n) is 2.44. The maximum absolute atomic E-state index is 12.0. The number of hydrogen-bond acceptors (Lipinski definition) is 4. The van der Waals surface area contributed by atoms with Gasteiger partial charge in [0, 0.05) is 5.02 Å². The first-order chi connectivity index (χ1) is 8.90. The lowest BCUT2D eigenvalue weighted by Gasteiger charge is -2.06. The highest BCUT2D eigenvalue weighted by Gasteiger charge is 2.20. The molecule has 1 N–H and O–H groups in total. The van der Waals surface area contributed by atoms with Gasteiger partial charge in [-0.2, -0.15) is 0 Å². The Morgan fingerprint density at radius 3 is 2.63 bits per heavy atom. The highest BCUT2D eigenvalue weighted by molar-refractivity contribution is 7.90. The zero-order chi connectivity index (χ0) is 14.0. The van der Waals surface area contributed by atoms with Crippen molar-refractivity contribution in [2.24, 2.45) is 0 Å². The number of hydrogen-bond donors (Lipinski definition) is 1. The van der Waals surface area contributed by atoms with Gasteiger partial charge < -0.3 is 4.42 Å². The third kappa shape index (κ3) is 2.97. The van der Waals surface area contributed by atoms with Crippen LogP contribution in [0, 0.1) is 6.92 Å². The molecule has 2 aromatic rings. The van der Waals surface area contributed by atoms with Crippen LogP contribution in [0.2, 0.25) is 5.02 Å². The average molecular weight is 300 g/mol. The van der Waals surface area contributed by atoms with Crippen LogP contribution < -0.4 is 4.72 Å². The predicted octanol–water partition coefficient (Wildman–Crippen LogP) is 2.36. The van der Waals surface area contributed by atoms with E-state index in [1.165, 1.54) is 30.5 Å². The third-order valence-corrected chi connectivity index (χ3v) is 4.00. The number of halogens is 1. The Hall–Kier alpha value is -1.79. The molecule has 1 aromatic carbocycles. The van der Waals surface area contributed by atoms with Crippen molar-refractivity contribution in [1.82, 2.24) is 4.72 Å². The molecule has 0 bridgehead atoms. The summed E-state index contributed by atoms with van der Waals surface area (Å²) in [7, 11) is -3.95. The molecule has 5 nitrogen and oxygen atoms in total. The summed E-state index contributed by atoms with van der Waals surface area (Å²) < 4.78 is 30.9. The van der Waals surface area contributed by atoms with E-state index in [4.69, 9.17) is 16.0 Å². The van der Waals surface area contributed by atoms with Gasteiger partial charge in [-0.05, 0) is 31.2 Å². The maximum atomic E-state index is 12.0. The van der Waals surface area contributed by atoms with Gasteiger partial charge in [-0.3, -0.25) is 4.79 Å². The fourth-order valence-electron chi connectivity index (χ4n) is 1.49. The topological polar surface area (TPSA) is 76.4 Å². The van der Waals surface area contributed by atoms with Crippen LogP contribution in [-0.2, 0) is 10.0 Å². The number of sulfonamides is 1. The molecule has 2 rings (SSSR count). The Morgan fingerprint density at radius 2 is 2.05 bits per heavy atom. The molecule has 100 valence electrons. The first-order valence-electron chi connectivity index (χ1n) is 5.27. The van der Waals surface area contributed by atoms with Gasteiger partial charge in [-0.15, -0.1) is 0 Å². The molecule has 0 spiro atoms. The molecule has 1 amide bonds. The molecule has 7 heteroatoms. The van der Waals surface area contributed by atoms with E-state index in [1.54, 1.807) is 13.0 Å². The lowest BCUT2D eigenvalue weighted by molar-refractivity contribution is 0.0980. The quantitative estimate of drug-likeness (QED) is 0.944. The van der Waals surface area contributed by atoms with Crippen LogP contribution in [0.5, 0.6) is 0 Å². The summed E-state index contributed by atoms with van der Waals surface area (Å²) in [5, 5.41) is 0.273. The summed E-state index contributed by atoms with van der Waals surface area (Å²) in [6, 6.07) is 7.05. The second-order valence-electron chi connectivity index (χ2n) is 3.78. The van der Waals surface area contributed by atoms with Crippen LogP contribution >= 0.6 is 11.6 Å². The van der Waals surface area contributed by atoms with E-state index in [1.807, 2.05) is 4.72 Å². The van der Waals surface area contributed by atoms with Crippen LogP contribution in [-0.4, -0.2) is 14.3 Å². The molecule has 19 heavy (non-hydrogen) atoms. The number of rotatable bonds is 3. The monoisotopic (exact) mass is 299 g/mol. The first-order valence-corrected chi connectivity index (χ1v) is 7.13. The number of carbonyl (C=O) groups is 1. The smallest absolute Gasteiger partial charge is 0.268 e. The van der Waals surface area contributed by atoms with Gasteiger partial charge in [0.1, 0.15) is 5.76 Å². The summed E-state index contributed by atoms with van der Waals surface area (Å²) in [6.45, 7) is 1.57. The van der Waals surface area contributed by atoms with Crippen molar-refractivity contribution in [3.8, 4) is 0 Å². The van der Waals surface area contributed by atoms with Gasteiger partial charge in [-0.1, -0.05) is 17.7 Å². The van der Waals surface area contributed by atoms with E-state index in [-0.39, 0.29) is 15.5 Å². The van der Waals surface area contributed by atoms with Crippen molar-refractivity contribution >= 4 is 27.5 Å². The Balaban J connectivity index is 2.28. The van der Waals surface area contributed by atoms with Crippen LogP contribution in [0.3, 0.4) is 0 Å². The molecule has 0 saturated carbocycles.